The SMILES string of the molecule is [CH]1C=CC=C1C1=CCC(C2=CC=C[CH]2)=CC1. The van der Waals surface area contributed by atoms with Gasteiger partial charge in [0.25, 0.3) is 0 Å². The molecular weight excluding hydrogens is 192 g/mol. The summed E-state index contributed by atoms with van der Waals surface area (Å²) < 4.78 is 0. The number of allylic oxidation sites excluding steroid dienone is 12. The Morgan fingerprint density at radius 1 is 0.625 bits per heavy atom. The van der Waals surface area contributed by atoms with Crippen LogP contribution in [0.2, 0.25) is 0 Å². The van der Waals surface area contributed by atoms with Gasteiger partial charge in [0.15, 0.2) is 0 Å². The largest absolute Gasteiger partial charge is 0.0763 e. The Bertz CT molecular complexity index is 430. The van der Waals surface area contributed by atoms with Crippen molar-refractivity contribution in [2.24, 2.45) is 0 Å². The third-order valence-corrected chi connectivity index (χ3v) is 3.20. The van der Waals surface area contributed by atoms with Crippen LogP contribution >= 0.6 is 0 Å². The number of hydrogen-bond donors (Lipinski definition) is 0. The predicted molar refractivity (Wildman–Crippen MR) is 68.4 cm³/mol. The molecule has 0 unspecified atom stereocenters. The minimum Gasteiger partial charge on any atom is -0.0763 e. The number of hydrogen-bond acceptors (Lipinski definition) is 0. The summed E-state index contributed by atoms with van der Waals surface area (Å²) in [5.41, 5.74) is 5.66. The first-order valence-corrected chi connectivity index (χ1v) is 5.76. The molecule has 0 amide bonds. The van der Waals surface area contributed by atoms with Crippen molar-refractivity contribution >= 4 is 0 Å². The first kappa shape index (κ1) is 9.65. The van der Waals surface area contributed by atoms with Crippen LogP contribution in [0.4, 0.5) is 0 Å². The van der Waals surface area contributed by atoms with Crippen LogP contribution in [0.5, 0.6) is 0 Å². The van der Waals surface area contributed by atoms with Crippen LogP contribution < -0.4 is 0 Å². The molecular formula is C16H14. The third-order valence-electron chi connectivity index (χ3n) is 3.20. The van der Waals surface area contributed by atoms with Gasteiger partial charge in [-0.05, 0) is 35.1 Å². The Morgan fingerprint density at radius 2 is 1.12 bits per heavy atom. The first-order chi connectivity index (χ1) is 7.93. The maximum absolute atomic E-state index is 2.36. The quantitative estimate of drug-likeness (QED) is 0.639. The second-order valence-corrected chi connectivity index (χ2v) is 4.21. The summed E-state index contributed by atoms with van der Waals surface area (Å²) in [7, 11) is 0. The maximum Gasteiger partial charge on any atom is 0.0127 e. The summed E-state index contributed by atoms with van der Waals surface area (Å²) in [6.07, 6.45) is 24.0. The van der Waals surface area contributed by atoms with Gasteiger partial charge in [-0.25, -0.2) is 0 Å². The predicted octanol–water partition coefficient (Wildman–Crippen LogP) is 4.03. The van der Waals surface area contributed by atoms with E-state index in [1.54, 1.807) is 0 Å². The van der Waals surface area contributed by atoms with Gasteiger partial charge in [-0.2, -0.15) is 0 Å². The zero-order valence-corrected chi connectivity index (χ0v) is 9.19. The van der Waals surface area contributed by atoms with Crippen molar-refractivity contribution in [1.82, 2.24) is 0 Å². The molecule has 0 saturated heterocycles. The van der Waals surface area contributed by atoms with E-state index in [9.17, 15) is 0 Å². The Kier molecular flexibility index (Phi) is 2.49. The lowest BCUT2D eigenvalue weighted by atomic mass is 9.90. The second kappa shape index (κ2) is 4.13. The highest BCUT2D eigenvalue weighted by Gasteiger charge is 2.13. The van der Waals surface area contributed by atoms with E-state index in [0.29, 0.717) is 0 Å². The lowest BCUT2D eigenvalue weighted by Gasteiger charge is -2.15. The topological polar surface area (TPSA) is 0 Å². The molecule has 0 bridgehead atoms. The third kappa shape index (κ3) is 1.76. The van der Waals surface area contributed by atoms with Crippen LogP contribution in [-0.4, -0.2) is 0 Å². The molecule has 0 N–H and O–H groups in total. The molecule has 0 heterocycles. The van der Waals surface area contributed by atoms with E-state index < -0.39 is 0 Å². The Morgan fingerprint density at radius 3 is 1.44 bits per heavy atom. The van der Waals surface area contributed by atoms with Gasteiger partial charge in [0.05, 0.1) is 0 Å². The van der Waals surface area contributed by atoms with Gasteiger partial charge >= 0.3 is 0 Å². The van der Waals surface area contributed by atoms with Crippen molar-refractivity contribution in [2.75, 3.05) is 0 Å². The van der Waals surface area contributed by atoms with Crippen LogP contribution in [0, 0.1) is 12.8 Å². The van der Waals surface area contributed by atoms with Crippen LogP contribution in [0.3, 0.4) is 0 Å². The van der Waals surface area contributed by atoms with Gasteiger partial charge in [0, 0.05) is 12.8 Å². The van der Waals surface area contributed by atoms with Gasteiger partial charge in [-0.1, -0.05) is 48.6 Å². The van der Waals surface area contributed by atoms with Gasteiger partial charge in [0.1, 0.15) is 0 Å². The van der Waals surface area contributed by atoms with Crippen molar-refractivity contribution in [3.05, 3.63) is 83.7 Å². The van der Waals surface area contributed by atoms with Crippen molar-refractivity contribution in [3.63, 3.8) is 0 Å². The molecule has 0 aliphatic heterocycles. The van der Waals surface area contributed by atoms with Crippen LogP contribution in [0.15, 0.2) is 70.9 Å². The van der Waals surface area contributed by atoms with Crippen molar-refractivity contribution in [1.29, 1.82) is 0 Å². The summed E-state index contributed by atoms with van der Waals surface area (Å²) in [5.74, 6) is 0. The highest BCUT2D eigenvalue weighted by atomic mass is 14.2. The molecule has 0 aromatic carbocycles. The van der Waals surface area contributed by atoms with Crippen molar-refractivity contribution in [3.8, 4) is 0 Å². The zero-order chi connectivity index (χ0) is 10.8. The molecule has 3 aliphatic carbocycles. The minimum absolute atomic E-state index is 1.06. The molecule has 0 atom stereocenters. The highest BCUT2D eigenvalue weighted by molar-refractivity contribution is 5.54. The molecule has 16 heavy (non-hydrogen) atoms. The molecule has 0 heteroatoms. The van der Waals surface area contributed by atoms with E-state index in [1.165, 1.54) is 22.3 Å². The molecule has 0 nitrogen and oxygen atoms in total. The monoisotopic (exact) mass is 206 g/mol. The lowest BCUT2D eigenvalue weighted by Crippen LogP contribution is -1.97. The molecule has 3 aliphatic rings. The molecule has 3 rings (SSSR count). The normalized spacial score (nSPS) is 23.0. The lowest BCUT2D eigenvalue weighted by molar-refractivity contribution is 1.07. The van der Waals surface area contributed by atoms with E-state index in [1.807, 2.05) is 0 Å². The fourth-order valence-electron chi connectivity index (χ4n) is 2.28. The van der Waals surface area contributed by atoms with Crippen LogP contribution in [0.1, 0.15) is 12.8 Å². The van der Waals surface area contributed by atoms with Crippen LogP contribution in [-0.2, 0) is 0 Å². The molecule has 0 fully saturated rings. The standard InChI is InChI=1S/C16H14/c1-2-6-13(5-1)15-9-11-16(12-10-15)14-7-3-4-8-14/h1-9,12H,10-11H2. The fraction of sp³-hybridized carbons (Fsp3) is 0.125. The summed E-state index contributed by atoms with van der Waals surface area (Å²) >= 11 is 0. The Balaban J connectivity index is 1.69. The smallest absolute Gasteiger partial charge is 0.0127 e. The van der Waals surface area contributed by atoms with Gasteiger partial charge in [-0.3, -0.25) is 0 Å². The van der Waals surface area contributed by atoms with E-state index in [2.05, 4.69) is 61.4 Å². The zero-order valence-electron chi connectivity index (χ0n) is 9.19. The second-order valence-electron chi connectivity index (χ2n) is 4.21. The van der Waals surface area contributed by atoms with Gasteiger partial charge in [0.2, 0.25) is 0 Å². The molecule has 0 aromatic rings. The van der Waals surface area contributed by atoms with E-state index in [0.717, 1.165) is 12.8 Å². The molecule has 0 aromatic heterocycles. The molecule has 2 radical (unpaired) electrons. The summed E-state index contributed by atoms with van der Waals surface area (Å²) in [4.78, 5) is 0. The molecule has 0 saturated carbocycles. The fourth-order valence-corrected chi connectivity index (χ4v) is 2.28. The number of rotatable bonds is 2. The summed E-state index contributed by atoms with van der Waals surface area (Å²) in [6, 6.07) is 0. The van der Waals surface area contributed by atoms with Gasteiger partial charge < -0.3 is 0 Å². The average Bonchev–Trinajstić information content (AvgIpc) is 3.03. The van der Waals surface area contributed by atoms with Crippen LogP contribution in [0.25, 0.3) is 0 Å². The maximum atomic E-state index is 2.36. The first-order valence-electron chi connectivity index (χ1n) is 5.76. The Hall–Kier alpha value is -1.56. The van der Waals surface area contributed by atoms with E-state index >= 15 is 0 Å². The molecule has 78 valence electrons. The Labute approximate surface area is 97.1 Å². The highest BCUT2D eigenvalue weighted by Crippen LogP contribution is 2.31. The summed E-state index contributed by atoms with van der Waals surface area (Å²) in [5, 5.41) is 0. The van der Waals surface area contributed by atoms with Crippen molar-refractivity contribution < 1.29 is 0 Å². The summed E-state index contributed by atoms with van der Waals surface area (Å²) in [6.45, 7) is 0. The minimum atomic E-state index is 1.06. The molecule has 0 spiro atoms. The van der Waals surface area contributed by atoms with Crippen molar-refractivity contribution in [2.45, 2.75) is 12.8 Å². The van der Waals surface area contributed by atoms with E-state index in [4.69, 9.17) is 0 Å². The van der Waals surface area contributed by atoms with Gasteiger partial charge in [-0.15, -0.1) is 0 Å². The van der Waals surface area contributed by atoms with E-state index in [-0.39, 0.29) is 0 Å². The average molecular weight is 206 g/mol.